The fourth-order valence-corrected chi connectivity index (χ4v) is 2.54. The van der Waals surface area contributed by atoms with E-state index >= 15 is 0 Å². The highest BCUT2D eigenvalue weighted by Gasteiger charge is 2.36. The van der Waals surface area contributed by atoms with Gasteiger partial charge in [-0.25, -0.2) is 4.98 Å². The first kappa shape index (κ1) is 10.7. The molecule has 0 saturated carbocycles. The van der Waals surface area contributed by atoms with E-state index in [4.69, 9.17) is 4.42 Å². The number of pyridine rings is 1. The summed E-state index contributed by atoms with van der Waals surface area (Å²) in [6.45, 7) is 5.54. The third-order valence-corrected chi connectivity index (χ3v) is 3.56. The van der Waals surface area contributed by atoms with Gasteiger partial charge in [-0.3, -0.25) is 0 Å². The minimum Gasteiger partial charge on any atom is -0.437 e. The number of rotatable bonds is 1. The minimum atomic E-state index is 0.180. The summed E-state index contributed by atoms with van der Waals surface area (Å²) in [5.74, 6) is 0.767. The fourth-order valence-electron chi connectivity index (χ4n) is 2.54. The summed E-state index contributed by atoms with van der Waals surface area (Å²) in [7, 11) is 0. The van der Waals surface area contributed by atoms with Crippen LogP contribution in [0.25, 0.3) is 11.2 Å². The minimum absolute atomic E-state index is 0.180. The van der Waals surface area contributed by atoms with Crippen molar-refractivity contribution in [1.82, 2.24) is 15.3 Å². The van der Waals surface area contributed by atoms with E-state index in [1.165, 1.54) is 12.8 Å². The van der Waals surface area contributed by atoms with E-state index in [1.807, 2.05) is 12.1 Å². The van der Waals surface area contributed by atoms with E-state index in [2.05, 4.69) is 29.1 Å². The molecule has 17 heavy (non-hydrogen) atoms. The molecular formula is C13H17N3O. The topological polar surface area (TPSA) is 51.0 Å². The van der Waals surface area contributed by atoms with Crippen LogP contribution in [0.15, 0.2) is 22.7 Å². The predicted octanol–water partition coefficient (Wildman–Crippen LogP) is 2.67. The summed E-state index contributed by atoms with van der Waals surface area (Å²) in [5.41, 5.74) is 1.65. The Morgan fingerprint density at radius 1 is 1.47 bits per heavy atom. The van der Waals surface area contributed by atoms with Crippen molar-refractivity contribution in [1.29, 1.82) is 0 Å². The summed E-state index contributed by atoms with van der Waals surface area (Å²) in [4.78, 5) is 8.70. The van der Waals surface area contributed by atoms with Crippen molar-refractivity contribution in [2.75, 3.05) is 6.54 Å². The molecule has 0 amide bonds. The van der Waals surface area contributed by atoms with E-state index in [9.17, 15) is 0 Å². The summed E-state index contributed by atoms with van der Waals surface area (Å²) >= 11 is 0. The van der Waals surface area contributed by atoms with Crippen LogP contribution in [0, 0.1) is 5.41 Å². The maximum atomic E-state index is 5.81. The molecule has 0 bridgehead atoms. The molecule has 4 heteroatoms. The lowest BCUT2D eigenvalue weighted by molar-refractivity contribution is 0.157. The number of hydrogen-bond donors (Lipinski definition) is 1. The van der Waals surface area contributed by atoms with Crippen LogP contribution in [-0.2, 0) is 0 Å². The van der Waals surface area contributed by atoms with Gasteiger partial charge in [0.15, 0.2) is 11.2 Å². The second-order valence-electron chi connectivity index (χ2n) is 5.36. The van der Waals surface area contributed by atoms with Gasteiger partial charge in [0.05, 0.1) is 6.04 Å². The first-order valence-electron chi connectivity index (χ1n) is 6.12. The predicted molar refractivity (Wildman–Crippen MR) is 65.6 cm³/mol. The van der Waals surface area contributed by atoms with Gasteiger partial charge in [0.1, 0.15) is 0 Å². The van der Waals surface area contributed by atoms with Crippen molar-refractivity contribution in [3.05, 3.63) is 24.2 Å². The van der Waals surface area contributed by atoms with Gasteiger partial charge in [0, 0.05) is 6.20 Å². The van der Waals surface area contributed by atoms with Gasteiger partial charge in [-0.05, 0) is 36.9 Å². The highest BCUT2D eigenvalue weighted by molar-refractivity contribution is 5.67. The Hall–Kier alpha value is -1.42. The molecular weight excluding hydrogens is 214 g/mol. The third kappa shape index (κ3) is 1.82. The first-order chi connectivity index (χ1) is 8.17. The molecule has 0 spiro atoms. The number of aromatic nitrogens is 2. The third-order valence-electron chi connectivity index (χ3n) is 3.56. The molecule has 2 aromatic heterocycles. The lowest BCUT2D eigenvalue weighted by Crippen LogP contribution is -2.39. The van der Waals surface area contributed by atoms with Crippen LogP contribution < -0.4 is 5.32 Å². The molecule has 1 N–H and O–H groups in total. The van der Waals surface area contributed by atoms with Crippen molar-refractivity contribution >= 4 is 11.2 Å². The number of nitrogens with zero attached hydrogens (tertiary/aromatic N) is 2. The summed E-state index contributed by atoms with van der Waals surface area (Å²) in [6, 6.07) is 3.97. The molecule has 90 valence electrons. The molecule has 1 unspecified atom stereocenters. The zero-order valence-corrected chi connectivity index (χ0v) is 10.2. The summed E-state index contributed by atoms with van der Waals surface area (Å²) in [6.07, 6.45) is 4.15. The molecule has 1 saturated heterocycles. The Morgan fingerprint density at radius 3 is 3.12 bits per heavy atom. The van der Waals surface area contributed by atoms with Gasteiger partial charge >= 0.3 is 0 Å². The Labute approximate surface area is 100 Å². The number of hydrogen-bond acceptors (Lipinski definition) is 4. The summed E-state index contributed by atoms with van der Waals surface area (Å²) in [5, 5.41) is 3.50. The Balaban J connectivity index is 2.02. The van der Waals surface area contributed by atoms with E-state index in [-0.39, 0.29) is 11.5 Å². The highest BCUT2D eigenvalue weighted by atomic mass is 16.3. The quantitative estimate of drug-likeness (QED) is 0.819. The molecule has 3 heterocycles. The summed E-state index contributed by atoms with van der Waals surface area (Å²) < 4.78 is 5.81. The number of oxazole rings is 1. The molecule has 1 fully saturated rings. The second kappa shape index (κ2) is 3.81. The van der Waals surface area contributed by atoms with E-state index in [0.29, 0.717) is 5.65 Å². The molecule has 4 nitrogen and oxygen atoms in total. The van der Waals surface area contributed by atoms with Gasteiger partial charge in [-0.1, -0.05) is 13.8 Å². The molecule has 1 aliphatic heterocycles. The van der Waals surface area contributed by atoms with E-state index in [0.717, 1.165) is 18.0 Å². The average molecular weight is 231 g/mol. The number of fused-ring (bicyclic) bond motifs is 1. The van der Waals surface area contributed by atoms with Gasteiger partial charge in [-0.2, -0.15) is 4.98 Å². The van der Waals surface area contributed by atoms with Crippen molar-refractivity contribution in [3.8, 4) is 0 Å². The van der Waals surface area contributed by atoms with Gasteiger partial charge in [0.25, 0.3) is 0 Å². The number of piperidine rings is 1. The lowest BCUT2D eigenvalue weighted by Gasteiger charge is -2.37. The second-order valence-corrected chi connectivity index (χ2v) is 5.36. The normalized spacial score (nSPS) is 24.0. The molecule has 0 aliphatic carbocycles. The zero-order valence-electron chi connectivity index (χ0n) is 10.2. The SMILES string of the molecule is CC1(C)CCCNC1c1nc2ncccc2o1. The van der Waals surface area contributed by atoms with Gasteiger partial charge < -0.3 is 9.73 Å². The maximum Gasteiger partial charge on any atom is 0.214 e. The van der Waals surface area contributed by atoms with E-state index < -0.39 is 0 Å². The largest absolute Gasteiger partial charge is 0.437 e. The van der Waals surface area contributed by atoms with Crippen LogP contribution in [0.3, 0.4) is 0 Å². The number of nitrogens with one attached hydrogen (secondary N) is 1. The fraction of sp³-hybridized carbons (Fsp3) is 0.538. The monoisotopic (exact) mass is 231 g/mol. The van der Waals surface area contributed by atoms with Crippen molar-refractivity contribution in [2.24, 2.45) is 5.41 Å². The zero-order chi connectivity index (χ0) is 11.9. The van der Waals surface area contributed by atoms with Crippen LogP contribution in [0.2, 0.25) is 0 Å². The van der Waals surface area contributed by atoms with Gasteiger partial charge in [-0.15, -0.1) is 0 Å². The Morgan fingerprint density at radius 2 is 2.35 bits per heavy atom. The maximum absolute atomic E-state index is 5.81. The van der Waals surface area contributed by atoms with Gasteiger partial charge in [0.2, 0.25) is 5.89 Å². The van der Waals surface area contributed by atoms with Crippen LogP contribution in [-0.4, -0.2) is 16.5 Å². The van der Waals surface area contributed by atoms with Crippen molar-refractivity contribution in [3.63, 3.8) is 0 Å². The van der Waals surface area contributed by atoms with Crippen LogP contribution in [0.4, 0.5) is 0 Å². The Kier molecular flexibility index (Phi) is 2.40. The molecule has 0 aromatic carbocycles. The van der Waals surface area contributed by atoms with E-state index in [1.54, 1.807) is 6.20 Å². The average Bonchev–Trinajstić information content (AvgIpc) is 2.71. The molecule has 1 aliphatic rings. The highest BCUT2D eigenvalue weighted by Crippen LogP contribution is 2.40. The van der Waals surface area contributed by atoms with Crippen LogP contribution in [0.5, 0.6) is 0 Å². The standard InChI is InChI=1S/C13H17N3O/c1-13(2)6-4-8-14-10(13)12-16-11-9(17-12)5-3-7-15-11/h3,5,7,10,14H,4,6,8H2,1-2H3. The molecule has 3 rings (SSSR count). The lowest BCUT2D eigenvalue weighted by atomic mass is 9.77. The van der Waals surface area contributed by atoms with Crippen molar-refractivity contribution < 1.29 is 4.42 Å². The first-order valence-corrected chi connectivity index (χ1v) is 6.12. The Bertz CT molecular complexity index is 499. The van der Waals surface area contributed by atoms with Crippen molar-refractivity contribution in [2.45, 2.75) is 32.7 Å². The molecule has 0 radical (unpaired) electrons. The molecule has 2 aromatic rings. The van der Waals surface area contributed by atoms with Crippen LogP contribution in [0.1, 0.15) is 38.6 Å². The molecule has 1 atom stereocenters. The smallest absolute Gasteiger partial charge is 0.214 e. The van der Waals surface area contributed by atoms with Crippen LogP contribution >= 0.6 is 0 Å².